The van der Waals surface area contributed by atoms with Crippen LogP contribution in [0, 0.1) is 12.8 Å². The standard InChI is InChI=1S/C13H20ClNO3S/c1-4-18-12-5-6-13(11(3)7-12)15-19(16,17)9-10(2)8-14/h5-7,10,15H,4,8-9H2,1-3H3. The van der Waals surface area contributed by atoms with E-state index in [1.165, 1.54) is 0 Å². The molecule has 4 nitrogen and oxygen atoms in total. The number of anilines is 1. The molecular weight excluding hydrogens is 286 g/mol. The Labute approximate surface area is 120 Å². The lowest BCUT2D eigenvalue weighted by Crippen LogP contribution is -2.22. The fourth-order valence-electron chi connectivity index (χ4n) is 1.64. The van der Waals surface area contributed by atoms with Gasteiger partial charge in [-0.3, -0.25) is 4.72 Å². The van der Waals surface area contributed by atoms with Crippen molar-refractivity contribution >= 4 is 27.3 Å². The van der Waals surface area contributed by atoms with Crippen LogP contribution < -0.4 is 9.46 Å². The highest BCUT2D eigenvalue weighted by Gasteiger charge is 2.16. The Bertz CT molecular complexity index is 517. The SMILES string of the molecule is CCOc1ccc(NS(=O)(=O)CC(C)CCl)c(C)c1. The molecule has 0 aliphatic carbocycles. The molecule has 1 rings (SSSR count). The fourth-order valence-corrected chi connectivity index (χ4v) is 3.39. The van der Waals surface area contributed by atoms with E-state index in [1.54, 1.807) is 19.1 Å². The quantitative estimate of drug-likeness (QED) is 0.788. The summed E-state index contributed by atoms with van der Waals surface area (Å²) in [6.45, 7) is 6.12. The molecule has 0 aromatic heterocycles. The number of benzene rings is 1. The maximum atomic E-state index is 11.9. The van der Waals surface area contributed by atoms with Gasteiger partial charge in [-0.2, -0.15) is 0 Å². The van der Waals surface area contributed by atoms with E-state index in [9.17, 15) is 8.42 Å². The van der Waals surface area contributed by atoms with Gasteiger partial charge in [-0.05, 0) is 43.5 Å². The Morgan fingerprint density at radius 3 is 2.63 bits per heavy atom. The van der Waals surface area contributed by atoms with Gasteiger partial charge in [0.25, 0.3) is 0 Å². The van der Waals surface area contributed by atoms with Crippen LogP contribution in [0.1, 0.15) is 19.4 Å². The summed E-state index contributed by atoms with van der Waals surface area (Å²) in [5.41, 5.74) is 1.40. The highest BCUT2D eigenvalue weighted by Crippen LogP contribution is 2.22. The third-order valence-corrected chi connectivity index (χ3v) is 4.61. The molecule has 19 heavy (non-hydrogen) atoms. The summed E-state index contributed by atoms with van der Waals surface area (Å²) in [7, 11) is -3.37. The van der Waals surface area contributed by atoms with Crippen molar-refractivity contribution in [2.45, 2.75) is 20.8 Å². The molecule has 0 aliphatic rings. The monoisotopic (exact) mass is 305 g/mol. The van der Waals surface area contributed by atoms with Crippen LogP contribution in [-0.2, 0) is 10.0 Å². The molecule has 0 radical (unpaired) electrons. The van der Waals surface area contributed by atoms with Crippen LogP contribution in [0.15, 0.2) is 18.2 Å². The van der Waals surface area contributed by atoms with Crippen molar-refractivity contribution in [2.24, 2.45) is 5.92 Å². The summed E-state index contributed by atoms with van der Waals surface area (Å²) in [6, 6.07) is 5.27. The zero-order valence-electron chi connectivity index (χ0n) is 11.4. The normalized spacial score (nSPS) is 13.1. The van der Waals surface area contributed by atoms with Gasteiger partial charge in [0.1, 0.15) is 5.75 Å². The van der Waals surface area contributed by atoms with E-state index in [4.69, 9.17) is 16.3 Å². The maximum absolute atomic E-state index is 11.9. The fraction of sp³-hybridized carbons (Fsp3) is 0.538. The molecule has 0 spiro atoms. The van der Waals surface area contributed by atoms with E-state index in [1.807, 2.05) is 19.9 Å². The first kappa shape index (κ1) is 16.1. The molecular formula is C13H20ClNO3S. The third kappa shape index (κ3) is 5.28. The maximum Gasteiger partial charge on any atom is 0.233 e. The van der Waals surface area contributed by atoms with E-state index in [-0.39, 0.29) is 11.7 Å². The first-order chi connectivity index (χ1) is 8.88. The Kier molecular flexibility index (Phi) is 5.94. The number of halogens is 1. The highest BCUT2D eigenvalue weighted by molar-refractivity contribution is 7.92. The minimum absolute atomic E-state index is 0.0170. The molecule has 1 unspecified atom stereocenters. The van der Waals surface area contributed by atoms with Crippen LogP contribution in [0.2, 0.25) is 0 Å². The van der Waals surface area contributed by atoms with Crippen molar-refractivity contribution in [1.29, 1.82) is 0 Å². The lowest BCUT2D eigenvalue weighted by atomic mass is 10.2. The molecule has 1 aromatic carbocycles. The first-order valence-corrected chi connectivity index (χ1v) is 8.36. The van der Waals surface area contributed by atoms with Gasteiger partial charge in [0.2, 0.25) is 10.0 Å². The second kappa shape index (κ2) is 7.01. The third-order valence-electron chi connectivity index (χ3n) is 2.54. The molecule has 1 aromatic rings. The van der Waals surface area contributed by atoms with Gasteiger partial charge < -0.3 is 4.74 Å². The molecule has 0 saturated heterocycles. The molecule has 1 atom stereocenters. The summed E-state index contributed by atoms with van der Waals surface area (Å²) >= 11 is 5.64. The second-order valence-corrected chi connectivity index (χ2v) is 6.63. The molecule has 0 aliphatic heterocycles. The van der Waals surface area contributed by atoms with Gasteiger partial charge in [0, 0.05) is 5.88 Å². The van der Waals surface area contributed by atoms with Crippen LogP contribution in [0.3, 0.4) is 0 Å². The van der Waals surface area contributed by atoms with Crippen molar-refractivity contribution in [1.82, 2.24) is 0 Å². The van der Waals surface area contributed by atoms with E-state index >= 15 is 0 Å². The predicted octanol–water partition coefficient (Wildman–Crippen LogP) is 3.01. The number of rotatable bonds is 7. The van der Waals surface area contributed by atoms with Crippen molar-refractivity contribution in [2.75, 3.05) is 23.0 Å². The Hall–Kier alpha value is -0.940. The number of alkyl halides is 1. The van der Waals surface area contributed by atoms with Gasteiger partial charge in [-0.25, -0.2) is 8.42 Å². The smallest absolute Gasteiger partial charge is 0.233 e. The van der Waals surface area contributed by atoms with Crippen molar-refractivity contribution in [3.63, 3.8) is 0 Å². The van der Waals surface area contributed by atoms with E-state index in [0.29, 0.717) is 18.2 Å². The lowest BCUT2D eigenvalue weighted by molar-refractivity contribution is 0.340. The molecule has 0 fully saturated rings. The summed E-state index contributed by atoms with van der Waals surface area (Å²) in [4.78, 5) is 0. The number of nitrogens with one attached hydrogen (secondary N) is 1. The Morgan fingerprint density at radius 2 is 2.11 bits per heavy atom. The van der Waals surface area contributed by atoms with Gasteiger partial charge >= 0.3 is 0 Å². The summed E-state index contributed by atoms with van der Waals surface area (Å²) < 4.78 is 31.8. The largest absolute Gasteiger partial charge is 0.494 e. The summed E-state index contributed by atoms with van der Waals surface area (Å²) in [6.07, 6.45) is 0. The number of sulfonamides is 1. The topological polar surface area (TPSA) is 55.4 Å². The molecule has 6 heteroatoms. The predicted molar refractivity (Wildman–Crippen MR) is 79.6 cm³/mol. The van der Waals surface area contributed by atoms with Crippen LogP contribution in [-0.4, -0.2) is 26.7 Å². The lowest BCUT2D eigenvalue weighted by Gasteiger charge is -2.14. The summed E-state index contributed by atoms with van der Waals surface area (Å²) in [5, 5.41) is 0. The minimum Gasteiger partial charge on any atom is -0.494 e. The molecule has 0 heterocycles. The number of aryl methyl sites for hydroxylation is 1. The average molecular weight is 306 g/mol. The first-order valence-electron chi connectivity index (χ1n) is 6.18. The Balaban J connectivity index is 2.82. The summed E-state index contributed by atoms with van der Waals surface area (Å²) in [5.74, 6) is 0.992. The molecule has 0 saturated carbocycles. The van der Waals surface area contributed by atoms with Crippen LogP contribution >= 0.6 is 11.6 Å². The van der Waals surface area contributed by atoms with Crippen LogP contribution in [0.5, 0.6) is 5.75 Å². The minimum atomic E-state index is -3.37. The molecule has 0 amide bonds. The average Bonchev–Trinajstić information content (AvgIpc) is 2.32. The second-order valence-electron chi connectivity index (χ2n) is 4.55. The highest BCUT2D eigenvalue weighted by atomic mass is 35.5. The molecule has 1 N–H and O–H groups in total. The van der Waals surface area contributed by atoms with E-state index in [0.717, 1.165) is 11.3 Å². The van der Waals surface area contributed by atoms with Gasteiger partial charge in [-0.1, -0.05) is 6.92 Å². The van der Waals surface area contributed by atoms with Gasteiger partial charge in [-0.15, -0.1) is 11.6 Å². The van der Waals surface area contributed by atoms with Crippen LogP contribution in [0.25, 0.3) is 0 Å². The van der Waals surface area contributed by atoms with E-state index < -0.39 is 10.0 Å². The Morgan fingerprint density at radius 1 is 1.42 bits per heavy atom. The van der Waals surface area contributed by atoms with Gasteiger partial charge in [0.05, 0.1) is 18.0 Å². The van der Waals surface area contributed by atoms with Gasteiger partial charge in [0.15, 0.2) is 0 Å². The van der Waals surface area contributed by atoms with Crippen molar-refractivity contribution in [3.05, 3.63) is 23.8 Å². The number of hydrogen-bond acceptors (Lipinski definition) is 3. The zero-order chi connectivity index (χ0) is 14.5. The zero-order valence-corrected chi connectivity index (χ0v) is 13.0. The number of ether oxygens (including phenoxy) is 1. The van der Waals surface area contributed by atoms with Crippen molar-refractivity contribution in [3.8, 4) is 5.75 Å². The number of hydrogen-bond donors (Lipinski definition) is 1. The van der Waals surface area contributed by atoms with Crippen molar-refractivity contribution < 1.29 is 13.2 Å². The molecule has 0 bridgehead atoms. The van der Waals surface area contributed by atoms with E-state index in [2.05, 4.69) is 4.72 Å². The van der Waals surface area contributed by atoms with Crippen LogP contribution in [0.4, 0.5) is 5.69 Å². The molecule has 108 valence electrons.